The van der Waals surface area contributed by atoms with E-state index in [0.717, 1.165) is 32.2 Å². The Morgan fingerprint density at radius 1 is 1.35 bits per heavy atom. The van der Waals surface area contributed by atoms with Crippen LogP contribution < -0.4 is 5.32 Å². The van der Waals surface area contributed by atoms with Crippen LogP contribution in [0.25, 0.3) is 0 Å². The highest BCUT2D eigenvalue weighted by atomic mass is 16.3. The highest BCUT2D eigenvalue weighted by molar-refractivity contribution is 5.90. The van der Waals surface area contributed by atoms with Crippen LogP contribution in [0.5, 0.6) is 0 Å². The Morgan fingerprint density at radius 3 is 2.50 bits per heavy atom. The summed E-state index contributed by atoms with van der Waals surface area (Å²) in [5.74, 6) is 1.30. The van der Waals surface area contributed by atoms with Crippen molar-refractivity contribution in [2.75, 3.05) is 13.6 Å². The Balaban J connectivity index is 4.54. The molecular weight excluding hydrogens is 248 g/mol. The SMILES string of the molecule is C=C(CCC(C)C)C(CCCNC)C/C(O)=C/C(C)=N. The minimum atomic E-state index is 0.303. The molecule has 0 aromatic carbocycles. The number of nitrogens with one attached hydrogen (secondary N) is 2. The predicted octanol–water partition coefficient (Wildman–Crippen LogP) is 4.47. The van der Waals surface area contributed by atoms with E-state index in [4.69, 9.17) is 5.41 Å². The molecule has 3 N–H and O–H groups in total. The van der Waals surface area contributed by atoms with Crippen molar-refractivity contribution in [3.05, 3.63) is 24.0 Å². The van der Waals surface area contributed by atoms with E-state index in [0.29, 0.717) is 29.7 Å². The van der Waals surface area contributed by atoms with Gasteiger partial charge in [-0.25, -0.2) is 0 Å². The smallest absolute Gasteiger partial charge is 0.0946 e. The van der Waals surface area contributed by atoms with E-state index < -0.39 is 0 Å². The molecule has 0 heterocycles. The lowest BCUT2D eigenvalue weighted by atomic mass is 9.87. The maximum absolute atomic E-state index is 9.94. The molecule has 0 amide bonds. The topological polar surface area (TPSA) is 56.1 Å². The molecule has 0 fully saturated rings. The van der Waals surface area contributed by atoms with Crippen LogP contribution in [-0.2, 0) is 0 Å². The van der Waals surface area contributed by atoms with Crippen molar-refractivity contribution in [2.24, 2.45) is 11.8 Å². The molecule has 1 unspecified atom stereocenters. The van der Waals surface area contributed by atoms with Gasteiger partial charge < -0.3 is 15.8 Å². The van der Waals surface area contributed by atoms with Gasteiger partial charge in [0.2, 0.25) is 0 Å². The van der Waals surface area contributed by atoms with Gasteiger partial charge in [-0.1, -0.05) is 26.0 Å². The highest BCUT2D eigenvalue weighted by Gasteiger charge is 2.15. The Kier molecular flexibility index (Phi) is 10.1. The third kappa shape index (κ3) is 9.79. The van der Waals surface area contributed by atoms with E-state index in [9.17, 15) is 5.11 Å². The van der Waals surface area contributed by atoms with Gasteiger partial charge in [-0.3, -0.25) is 0 Å². The van der Waals surface area contributed by atoms with Gasteiger partial charge in [-0.2, -0.15) is 0 Å². The zero-order valence-corrected chi connectivity index (χ0v) is 13.6. The van der Waals surface area contributed by atoms with Gasteiger partial charge in [0.1, 0.15) is 0 Å². The molecule has 0 spiro atoms. The zero-order chi connectivity index (χ0) is 15.5. The van der Waals surface area contributed by atoms with Crippen molar-refractivity contribution in [3.8, 4) is 0 Å². The van der Waals surface area contributed by atoms with Gasteiger partial charge in [0, 0.05) is 12.1 Å². The van der Waals surface area contributed by atoms with Crippen molar-refractivity contribution >= 4 is 5.71 Å². The first-order chi connectivity index (χ1) is 9.36. The van der Waals surface area contributed by atoms with Crippen LogP contribution in [0.15, 0.2) is 24.0 Å². The standard InChI is InChI=1S/C17H32N2O/c1-13(2)8-9-14(3)16(7-6-10-19-5)12-17(20)11-15(4)18/h11,13,16,18-20H,3,6-10,12H2,1-2,4-5H3/b17-11-,18-15?. The Morgan fingerprint density at radius 2 is 2.00 bits per heavy atom. The summed E-state index contributed by atoms with van der Waals surface area (Å²) in [5.41, 5.74) is 1.63. The van der Waals surface area contributed by atoms with Gasteiger partial charge in [0.05, 0.1) is 5.76 Å². The summed E-state index contributed by atoms with van der Waals surface area (Å²) < 4.78 is 0. The minimum absolute atomic E-state index is 0.303. The number of hydrogen-bond acceptors (Lipinski definition) is 3. The van der Waals surface area contributed by atoms with Crippen molar-refractivity contribution in [3.63, 3.8) is 0 Å². The number of aliphatic hydroxyl groups is 1. The fourth-order valence-corrected chi connectivity index (χ4v) is 2.22. The maximum atomic E-state index is 9.94. The molecule has 0 aliphatic rings. The fraction of sp³-hybridized carbons (Fsp3) is 0.706. The summed E-state index contributed by atoms with van der Waals surface area (Å²) in [4.78, 5) is 0. The molecule has 0 rings (SSSR count). The molecule has 0 saturated carbocycles. The van der Waals surface area contributed by atoms with Crippen LogP contribution >= 0.6 is 0 Å². The molecule has 1 atom stereocenters. The lowest BCUT2D eigenvalue weighted by Gasteiger charge is -2.20. The van der Waals surface area contributed by atoms with E-state index in [1.807, 2.05) is 7.05 Å². The number of hydrogen-bond donors (Lipinski definition) is 3. The summed E-state index contributed by atoms with van der Waals surface area (Å²) in [6.07, 6.45) is 6.44. The van der Waals surface area contributed by atoms with E-state index in [2.05, 4.69) is 25.7 Å². The molecule has 0 radical (unpaired) electrons. The minimum Gasteiger partial charge on any atom is -0.512 e. The maximum Gasteiger partial charge on any atom is 0.0946 e. The Bertz CT molecular complexity index is 332. The fourth-order valence-electron chi connectivity index (χ4n) is 2.22. The predicted molar refractivity (Wildman–Crippen MR) is 88.6 cm³/mol. The first-order valence-corrected chi connectivity index (χ1v) is 7.63. The van der Waals surface area contributed by atoms with Crippen molar-refractivity contribution in [2.45, 2.75) is 52.9 Å². The van der Waals surface area contributed by atoms with Crippen molar-refractivity contribution < 1.29 is 5.11 Å². The molecule has 116 valence electrons. The largest absolute Gasteiger partial charge is 0.512 e. The first-order valence-electron chi connectivity index (χ1n) is 7.63. The zero-order valence-electron chi connectivity index (χ0n) is 13.6. The van der Waals surface area contributed by atoms with Gasteiger partial charge in [-0.15, -0.1) is 0 Å². The monoisotopic (exact) mass is 280 g/mol. The van der Waals surface area contributed by atoms with Crippen molar-refractivity contribution in [1.29, 1.82) is 5.41 Å². The second kappa shape index (κ2) is 10.7. The normalized spacial score (nSPS) is 13.6. The number of aliphatic hydroxyl groups excluding tert-OH is 1. The van der Waals surface area contributed by atoms with Gasteiger partial charge in [-0.05, 0) is 64.1 Å². The number of rotatable bonds is 11. The first kappa shape index (κ1) is 18.9. The Hall–Kier alpha value is -1.09. The molecule has 0 aliphatic heterocycles. The molecular formula is C17H32N2O. The summed E-state index contributed by atoms with van der Waals surface area (Å²) in [7, 11) is 1.96. The third-order valence-corrected chi connectivity index (χ3v) is 3.44. The summed E-state index contributed by atoms with van der Waals surface area (Å²) in [6.45, 7) is 11.3. The lowest BCUT2D eigenvalue weighted by molar-refractivity contribution is 0.351. The molecule has 3 heteroatoms. The third-order valence-electron chi connectivity index (χ3n) is 3.44. The molecule has 0 aliphatic carbocycles. The van der Waals surface area contributed by atoms with E-state index >= 15 is 0 Å². The Labute approximate surface area is 124 Å². The molecule has 3 nitrogen and oxygen atoms in total. The molecule has 20 heavy (non-hydrogen) atoms. The van der Waals surface area contributed by atoms with E-state index in [-0.39, 0.29) is 0 Å². The van der Waals surface area contributed by atoms with Crippen LogP contribution in [0.3, 0.4) is 0 Å². The molecule has 0 saturated heterocycles. The van der Waals surface area contributed by atoms with E-state index in [1.54, 1.807) is 13.0 Å². The summed E-state index contributed by atoms with van der Waals surface area (Å²) in [5, 5.41) is 20.5. The van der Waals surface area contributed by atoms with Crippen LogP contribution in [0.2, 0.25) is 0 Å². The van der Waals surface area contributed by atoms with Gasteiger partial charge >= 0.3 is 0 Å². The molecule has 0 aromatic rings. The van der Waals surface area contributed by atoms with Crippen LogP contribution in [0.1, 0.15) is 52.9 Å². The summed E-state index contributed by atoms with van der Waals surface area (Å²) >= 11 is 0. The van der Waals surface area contributed by atoms with Crippen LogP contribution in [0, 0.1) is 17.2 Å². The van der Waals surface area contributed by atoms with Crippen LogP contribution in [0.4, 0.5) is 0 Å². The highest BCUT2D eigenvalue weighted by Crippen LogP contribution is 2.27. The van der Waals surface area contributed by atoms with Crippen LogP contribution in [-0.4, -0.2) is 24.4 Å². The molecule has 0 aromatic heterocycles. The van der Waals surface area contributed by atoms with Crippen molar-refractivity contribution in [1.82, 2.24) is 5.32 Å². The quantitative estimate of drug-likeness (QED) is 0.226. The second-order valence-corrected chi connectivity index (χ2v) is 6.06. The molecule has 0 bridgehead atoms. The van der Waals surface area contributed by atoms with Gasteiger partial charge in [0.25, 0.3) is 0 Å². The van der Waals surface area contributed by atoms with Gasteiger partial charge in [0.15, 0.2) is 0 Å². The second-order valence-electron chi connectivity index (χ2n) is 6.06. The lowest BCUT2D eigenvalue weighted by Crippen LogP contribution is -2.12. The average Bonchev–Trinajstić information content (AvgIpc) is 2.34. The number of allylic oxidation sites excluding steroid dienone is 3. The van der Waals surface area contributed by atoms with E-state index in [1.165, 1.54) is 5.57 Å². The summed E-state index contributed by atoms with van der Waals surface area (Å²) in [6, 6.07) is 0. The average molecular weight is 280 g/mol.